The standard InChI is InChI=1S/C24H35N5O2.HI/c1-5-25-24(27-16-20-9-8-19(4)15-22(20)31-18(2)3)28-17-21-7-6-10-26-23(21)29-11-13-30-14-12-29;/h6-10,15,18H,5,11-14,16-17H2,1-4H3,(H2,25,27,28);1H. The Bertz CT molecular complexity index is 869. The average Bonchev–Trinajstić information content (AvgIpc) is 2.77. The van der Waals surface area contributed by atoms with Crippen LogP contribution in [0.25, 0.3) is 0 Å². The molecule has 0 atom stereocenters. The zero-order valence-electron chi connectivity index (χ0n) is 19.6. The number of ether oxygens (including phenoxy) is 2. The van der Waals surface area contributed by atoms with Crippen molar-refractivity contribution in [3.63, 3.8) is 0 Å². The number of nitrogens with zero attached hydrogens (tertiary/aromatic N) is 3. The Morgan fingerprint density at radius 1 is 1.19 bits per heavy atom. The second-order valence-electron chi connectivity index (χ2n) is 7.91. The zero-order chi connectivity index (χ0) is 22.1. The first-order valence-electron chi connectivity index (χ1n) is 11.1. The van der Waals surface area contributed by atoms with Gasteiger partial charge in [0.05, 0.1) is 25.9 Å². The molecular weight excluding hydrogens is 517 g/mol. The van der Waals surface area contributed by atoms with Crippen LogP contribution in [0.4, 0.5) is 5.82 Å². The molecule has 0 aliphatic carbocycles. The molecule has 2 heterocycles. The Kier molecular flexibility index (Phi) is 11.0. The highest BCUT2D eigenvalue weighted by molar-refractivity contribution is 14.0. The smallest absolute Gasteiger partial charge is 0.191 e. The third-order valence-corrected chi connectivity index (χ3v) is 4.96. The first-order chi connectivity index (χ1) is 15.1. The molecule has 1 aromatic heterocycles. The summed E-state index contributed by atoms with van der Waals surface area (Å²) in [6.07, 6.45) is 1.97. The largest absolute Gasteiger partial charge is 0.491 e. The maximum absolute atomic E-state index is 6.00. The maximum Gasteiger partial charge on any atom is 0.191 e. The fraction of sp³-hybridized carbons (Fsp3) is 0.500. The molecule has 1 fully saturated rings. The van der Waals surface area contributed by atoms with E-state index in [1.807, 2.05) is 26.1 Å². The number of hydrogen-bond acceptors (Lipinski definition) is 5. The lowest BCUT2D eigenvalue weighted by Crippen LogP contribution is -2.39. The Hall–Kier alpha value is -2.07. The molecule has 0 bridgehead atoms. The van der Waals surface area contributed by atoms with Gasteiger partial charge in [0.1, 0.15) is 11.6 Å². The van der Waals surface area contributed by atoms with E-state index in [0.29, 0.717) is 13.1 Å². The lowest BCUT2D eigenvalue weighted by molar-refractivity contribution is 0.122. The van der Waals surface area contributed by atoms with Gasteiger partial charge in [-0.2, -0.15) is 0 Å². The van der Waals surface area contributed by atoms with E-state index in [1.54, 1.807) is 0 Å². The van der Waals surface area contributed by atoms with Gasteiger partial charge in [-0.1, -0.05) is 18.2 Å². The SMILES string of the molecule is CCNC(=NCc1ccc(C)cc1OC(C)C)NCc1cccnc1N1CCOCC1.I. The number of guanidine groups is 1. The second-order valence-corrected chi connectivity index (χ2v) is 7.91. The summed E-state index contributed by atoms with van der Waals surface area (Å²) in [6, 6.07) is 10.4. The number of aryl methyl sites for hydroxylation is 1. The van der Waals surface area contributed by atoms with Crippen LogP contribution in [0.15, 0.2) is 41.5 Å². The molecule has 0 amide bonds. The van der Waals surface area contributed by atoms with Gasteiger partial charge in [-0.15, -0.1) is 24.0 Å². The summed E-state index contributed by atoms with van der Waals surface area (Å²) in [5.41, 5.74) is 3.40. The van der Waals surface area contributed by atoms with Gasteiger partial charge in [0, 0.05) is 43.5 Å². The fourth-order valence-electron chi connectivity index (χ4n) is 3.47. The number of anilines is 1. The number of pyridine rings is 1. The Morgan fingerprint density at radius 3 is 2.69 bits per heavy atom. The summed E-state index contributed by atoms with van der Waals surface area (Å²) in [5, 5.41) is 6.80. The fourth-order valence-corrected chi connectivity index (χ4v) is 3.47. The summed E-state index contributed by atoms with van der Waals surface area (Å²) >= 11 is 0. The molecular formula is C24H36IN5O2. The molecule has 0 radical (unpaired) electrons. The number of halogens is 1. The first kappa shape index (κ1) is 26.2. The van der Waals surface area contributed by atoms with Gasteiger partial charge in [0.2, 0.25) is 0 Å². The predicted molar refractivity (Wildman–Crippen MR) is 141 cm³/mol. The Labute approximate surface area is 209 Å². The number of nitrogens with one attached hydrogen (secondary N) is 2. The van der Waals surface area contributed by atoms with E-state index in [1.165, 1.54) is 5.56 Å². The summed E-state index contributed by atoms with van der Waals surface area (Å²) in [7, 11) is 0. The molecule has 0 spiro atoms. The second kappa shape index (κ2) is 13.5. The normalized spacial score (nSPS) is 14.2. The maximum atomic E-state index is 6.00. The van der Waals surface area contributed by atoms with Crippen LogP contribution < -0.4 is 20.3 Å². The zero-order valence-corrected chi connectivity index (χ0v) is 21.9. The molecule has 2 aromatic rings. The van der Waals surface area contributed by atoms with E-state index in [4.69, 9.17) is 14.5 Å². The van der Waals surface area contributed by atoms with Gasteiger partial charge in [-0.3, -0.25) is 0 Å². The van der Waals surface area contributed by atoms with Crippen molar-refractivity contribution < 1.29 is 9.47 Å². The molecule has 1 aliphatic heterocycles. The van der Waals surface area contributed by atoms with Gasteiger partial charge in [-0.25, -0.2) is 9.98 Å². The van der Waals surface area contributed by atoms with E-state index < -0.39 is 0 Å². The van der Waals surface area contributed by atoms with Crippen molar-refractivity contribution in [2.45, 2.75) is 46.9 Å². The molecule has 2 N–H and O–H groups in total. The van der Waals surface area contributed by atoms with Gasteiger partial charge in [-0.05, 0) is 45.4 Å². The molecule has 1 aromatic carbocycles. The van der Waals surface area contributed by atoms with Crippen LogP contribution in [0.3, 0.4) is 0 Å². The molecule has 0 unspecified atom stereocenters. The van der Waals surface area contributed by atoms with E-state index in [2.05, 4.69) is 58.6 Å². The summed E-state index contributed by atoms with van der Waals surface area (Å²) in [5.74, 6) is 2.69. The van der Waals surface area contributed by atoms with E-state index in [9.17, 15) is 0 Å². The van der Waals surface area contributed by atoms with Crippen molar-refractivity contribution in [1.82, 2.24) is 15.6 Å². The van der Waals surface area contributed by atoms with E-state index in [0.717, 1.165) is 61.5 Å². The lowest BCUT2D eigenvalue weighted by atomic mass is 10.1. The summed E-state index contributed by atoms with van der Waals surface area (Å²) < 4.78 is 11.5. The monoisotopic (exact) mass is 553 g/mol. The third-order valence-electron chi connectivity index (χ3n) is 4.96. The highest BCUT2D eigenvalue weighted by Gasteiger charge is 2.16. The van der Waals surface area contributed by atoms with Crippen LogP contribution in [0.1, 0.15) is 37.5 Å². The van der Waals surface area contributed by atoms with Gasteiger partial charge in [0.15, 0.2) is 5.96 Å². The van der Waals surface area contributed by atoms with Crippen molar-refractivity contribution in [2.75, 3.05) is 37.7 Å². The molecule has 1 aliphatic rings. The Balaban J connectivity index is 0.00000363. The van der Waals surface area contributed by atoms with Gasteiger partial charge >= 0.3 is 0 Å². The molecule has 176 valence electrons. The number of rotatable bonds is 8. The predicted octanol–water partition coefficient (Wildman–Crippen LogP) is 3.89. The van der Waals surface area contributed by atoms with Gasteiger partial charge < -0.3 is 25.0 Å². The third kappa shape index (κ3) is 7.81. The van der Waals surface area contributed by atoms with Crippen LogP contribution in [-0.2, 0) is 17.8 Å². The number of aromatic nitrogens is 1. The Morgan fingerprint density at radius 2 is 1.97 bits per heavy atom. The average molecular weight is 553 g/mol. The number of aliphatic imine (C=N–C) groups is 1. The molecule has 0 saturated carbocycles. The van der Waals surface area contributed by atoms with Crippen LogP contribution in [-0.4, -0.2) is 49.9 Å². The number of morpholine rings is 1. The topological polar surface area (TPSA) is 71.0 Å². The summed E-state index contributed by atoms with van der Waals surface area (Å²) in [6.45, 7) is 13.4. The van der Waals surface area contributed by atoms with Crippen LogP contribution in [0.2, 0.25) is 0 Å². The molecule has 32 heavy (non-hydrogen) atoms. The van der Waals surface area contributed by atoms with E-state index >= 15 is 0 Å². The van der Waals surface area contributed by atoms with Crippen molar-refractivity contribution in [2.24, 2.45) is 4.99 Å². The van der Waals surface area contributed by atoms with Crippen molar-refractivity contribution in [1.29, 1.82) is 0 Å². The van der Waals surface area contributed by atoms with Crippen molar-refractivity contribution in [3.05, 3.63) is 53.2 Å². The van der Waals surface area contributed by atoms with Crippen LogP contribution in [0.5, 0.6) is 5.75 Å². The minimum atomic E-state index is 0. The molecule has 3 rings (SSSR count). The molecule has 7 nitrogen and oxygen atoms in total. The highest BCUT2D eigenvalue weighted by Crippen LogP contribution is 2.23. The number of benzene rings is 1. The van der Waals surface area contributed by atoms with Crippen molar-refractivity contribution in [3.8, 4) is 5.75 Å². The van der Waals surface area contributed by atoms with Crippen LogP contribution >= 0.6 is 24.0 Å². The first-order valence-corrected chi connectivity index (χ1v) is 11.1. The van der Waals surface area contributed by atoms with E-state index in [-0.39, 0.29) is 30.1 Å². The van der Waals surface area contributed by atoms with Gasteiger partial charge in [0.25, 0.3) is 0 Å². The van der Waals surface area contributed by atoms with Crippen molar-refractivity contribution >= 4 is 35.8 Å². The minimum absolute atomic E-state index is 0. The minimum Gasteiger partial charge on any atom is -0.491 e. The van der Waals surface area contributed by atoms with Crippen LogP contribution in [0, 0.1) is 6.92 Å². The molecule has 1 saturated heterocycles. The number of hydrogen-bond donors (Lipinski definition) is 2. The lowest BCUT2D eigenvalue weighted by Gasteiger charge is -2.29. The summed E-state index contributed by atoms with van der Waals surface area (Å²) in [4.78, 5) is 11.7. The highest BCUT2D eigenvalue weighted by atomic mass is 127. The molecule has 8 heteroatoms. The quantitative estimate of drug-likeness (QED) is 0.294.